The lowest BCUT2D eigenvalue weighted by atomic mass is 9.81. The van der Waals surface area contributed by atoms with Gasteiger partial charge in [-0.05, 0) is 37.8 Å². The van der Waals surface area contributed by atoms with E-state index < -0.39 is 42.4 Å². The maximum Gasteiger partial charge on any atom is 0.435 e. The second-order valence-electron chi connectivity index (χ2n) is 9.41. The van der Waals surface area contributed by atoms with E-state index in [1.165, 1.54) is 0 Å². The molecule has 0 bridgehead atoms. The molecule has 1 saturated carbocycles. The molecule has 2 heterocycles. The van der Waals surface area contributed by atoms with Crippen LogP contribution in [0.2, 0.25) is 0 Å². The van der Waals surface area contributed by atoms with Gasteiger partial charge in [-0.1, -0.05) is 18.2 Å². The van der Waals surface area contributed by atoms with Crippen LogP contribution >= 0.6 is 0 Å². The number of carbonyl (C=O) groups excluding carboxylic acids is 2. The van der Waals surface area contributed by atoms with Gasteiger partial charge < -0.3 is 15.1 Å². The quantitative estimate of drug-likeness (QED) is 0.287. The number of aryl methyl sites for hydroxylation is 1. The highest BCUT2D eigenvalue weighted by Crippen LogP contribution is 2.35. The molecule has 2 amide bonds. The van der Waals surface area contributed by atoms with Gasteiger partial charge in [0.15, 0.2) is 5.69 Å². The summed E-state index contributed by atoms with van der Waals surface area (Å²) in [5.74, 6) is -1.55. The Hall–Kier alpha value is -3.91. The van der Waals surface area contributed by atoms with Crippen molar-refractivity contribution in [1.29, 1.82) is 0 Å². The van der Waals surface area contributed by atoms with Crippen molar-refractivity contribution in [3.63, 3.8) is 0 Å². The van der Waals surface area contributed by atoms with Crippen LogP contribution in [0.4, 0.5) is 26.3 Å². The van der Waals surface area contributed by atoms with Crippen molar-refractivity contribution in [2.45, 2.75) is 56.8 Å². The number of rotatable bonds is 9. The number of nitrogens with zero attached hydrogens (tertiary/aromatic N) is 4. The molecule has 40 heavy (non-hydrogen) atoms. The molecule has 4 rings (SSSR count). The molecule has 0 radical (unpaired) electrons. The average molecular weight is 573 g/mol. The Kier molecular flexibility index (Phi) is 8.79. The molecule has 1 fully saturated rings. The summed E-state index contributed by atoms with van der Waals surface area (Å²) >= 11 is 0. The number of halogens is 6. The van der Waals surface area contributed by atoms with E-state index in [0.29, 0.717) is 31.4 Å². The SMILES string of the molecule is O=C(NCCNC(=O)[C@H]1CC[C@H](c2nnc(CCC(F)(F)F)o2)CC1)c1cn(-c2ccccc2)nc1C(F)(F)F. The fourth-order valence-electron chi connectivity index (χ4n) is 4.45. The minimum absolute atomic E-state index is 0.00486. The lowest BCUT2D eigenvalue weighted by Gasteiger charge is -2.25. The van der Waals surface area contributed by atoms with Gasteiger partial charge in [0.25, 0.3) is 5.91 Å². The van der Waals surface area contributed by atoms with Gasteiger partial charge >= 0.3 is 12.4 Å². The molecule has 2 N–H and O–H groups in total. The number of nitrogens with one attached hydrogen (secondary N) is 2. The summed E-state index contributed by atoms with van der Waals surface area (Å²) in [5.41, 5.74) is -1.60. The third-order valence-corrected chi connectivity index (χ3v) is 6.51. The van der Waals surface area contributed by atoms with Gasteiger partial charge in [0.1, 0.15) is 0 Å². The largest absolute Gasteiger partial charge is 0.435 e. The predicted octanol–water partition coefficient (Wildman–Crippen LogP) is 4.59. The molecule has 0 spiro atoms. The van der Waals surface area contributed by atoms with Gasteiger partial charge in [-0.2, -0.15) is 31.4 Å². The summed E-state index contributed by atoms with van der Waals surface area (Å²) in [5, 5.41) is 16.1. The Balaban J connectivity index is 1.22. The highest BCUT2D eigenvalue weighted by Gasteiger charge is 2.39. The maximum absolute atomic E-state index is 13.5. The molecule has 216 valence electrons. The maximum atomic E-state index is 13.5. The fourth-order valence-corrected chi connectivity index (χ4v) is 4.45. The van der Waals surface area contributed by atoms with Crippen LogP contribution in [0.25, 0.3) is 5.69 Å². The molecule has 3 aromatic rings. The molecule has 0 aliphatic heterocycles. The van der Waals surface area contributed by atoms with Gasteiger partial charge in [0, 0.05) is 37.5 Å². The third-order valence-electron chi connectivity index (χ3n) is 6.51. The summed E-state index contributed by atoms with van der Waals surface area (Å²) in [6.07, 6.45) is -7.57. The first-order valence-electron chi connectivity index (χ1n) is 12.6. The second-order valence-corrected chi connectivity index (χ2v) is 9.41. The second kappa shape index (κ2) is 12.1. The Morgan fingerprint density at radius 1 is 0.950 bits per heavy atom. The Bertz CT molecular complexity index is 1300. The van der Waals surface area contributed by atoms with Gasteiger partial charge in [-0.15, -0.1) is 10.2 Å². The molecule has 0 unspecified atom stereocenters. The van der Waals surface area contributed by atoms with Crippen LogP contribution in [0.1, 0.15) is 65.9 Å². The smallest absolute Gasteiger partial charge is 0.425 e. The van der Waals surface area contributed by atoms with Gasteiger partial charge in [0.05, 0.1) is 17.7 Å². The van der Waals surface area contributed by atoms with Crippen molar-refractivity contribution in [3.8, 4) is 5.69 Å². The van der Waals surface area contributed by atoms with Crippen LogP contribution in [0, 0.1) is 5.92 Å². The van der Waals surface area contributed by atoms with Crippen LogP contribution < -0.4 is 10.6 Å². The van der Waals surface area contributed by atoms with E-state index >= 15 is 0 Å². The lowest BCUT2D eigenvalue weighted by molar-refractivity contribution is -0.141. The number of carbonyl (C=O) groups is 2. The van der Waals surface area contributed by atoms with E-state index in [1.807, 2.05) is 0 Å². The zero-order valence-electron chi connectivity index (χ0n) is 21.1. The zero-order chi connectivity index (χ0) is 28.9. The normalized spacial score (nSPS) is 17.9. The number of benzene rings is 1. The van der Waals surface area contributed by atoms with Crippen molar-refractivity contribution in [2.24, 2.45) is 5.92 Å². The number of hydrogen-bond donors (Lipinski definition) is 2. The lowest BCUT2D eigenvalue weighted by Crippen LogP contribution is -2.38. The zero-order valence-corrected chi connectivity index (χ0v) is 21.1. The third kappa shape index (κ3) is 7.60. The van der Waals surface area contributed by atoms with E-state index in [-0.39, 0.29) is 42.6 Å². The van der Waals surface area contributed by atoms with E-state index in [1.54, 1.807) is 30.3 Å². The van der Waals surface area contributed by atoms with Crippen LogP contribution in [0.3, 0.4) is 0 Å². The van der Waals surface area contributed by atoms with E-state index in [2.05, 4.69) is 25.9 Å². The predicted molar refractivity (Wildman–Crippen MR) is 127 cm³/mol. The number of hydrogen-bond acceptors (Lipinski definition) is 6. The number of amides is 2. The molecule has 1 aromatic carbocycles. The van der Waals surface area contributed by atoms with Crippen molar-refractivity contribution in [2.75, 3.05) is 13.1 Å². The monoisotopic (exact) mass is 572 g/mol. The Labute approximate surface area is 224 Å². The summed E-state index contributed by atoms with van der Waals surface area (Å²) < 4.78 is 83.9. The minimum Gasteiger partial charge on any atom is -0.425 e. The molecule has 9 nitrogen and oxygen atoms in total. The Morgan fingerprint density at radius 3 is 2.27 bits per heavy atom. The first-order valence-corrected chi connectivity index (χ1v) is 12.6. The van der Waals surface area contributed by atoms with Crippen molar-refractivity contribution in [3.05, 3.63) is 59.6 Å². The van der Waals surface area contributed by atoms with E-state index in [0.717, 1.165) is 10.9 Å². The first-order chi connectivity index (χ1) is 18.9. The van der Waals surface area contributed by atoms with E-state index in [9.17, 15) is 35.9 Å². The van der Waals surface area contributed by atoms with E-state index in [4.69, 9.17) is 4.42 Å². The summed E-state index contributed by atoms with van der Waals surface area (Å²) in [6.45, 7) is -0.0959. The molecule has 0 saturated heterocycles. The number of aromatic nitrogens is 4. The molecular formula is C25H26F6N6O3. The highest BCUT2D eigenvalue weighted by atomic mass is 19.4. The molecule has 0 atom stereocenters. The van der Waals surface area contributed by atoms with Crippen LogP contribution in [-0.4, -0.2) is 51.1 Å². The standard InChI is InChI=1S/C25H26F6N6O3/c26-24(27,28)11-10-19-34-35-23(40-19)16-8-6-15(7-9-16)21(38)32-12-13-33-22(39)18-14-37(17-4-2-1-3-5-17)36-20(18)25(29,30)31/h1-5,14-16H,6-13H2,(H,32,38)(H,33,39)/t15-,16-. The average Bonchev–Trinajstić information content (AvgIpc) is 3.58. The fraction of sp³-hybridized carbons (Fsp3) is 0.480. The van der Waals surface area contributed by atoms with Crippen LogP contribution in [-0.2, 0) is 17.4 Å². The molecule has 15 heteroatoms. The van der Waals surface area contributed by atoms with Crippen LogP contribution in [0.15, 0.2) is 40.9 Å². The minimum atomic E-state index is -4.84. The van der Waals surface area contributed by atoms with Gasteiger partial charge in [0.2, 0.25) is 17.7 Å². The molecule has 1 aliphatic rings. The van der Waals surface area contributed by atoms with Crippen molar-refractivity contribution in [1.82, 2.24) is 30.6 Å². The van der Waals surface area contributed by atoms with Crippen LogP contribution in [0.5, 0.6) is 0 Å². The van der Waals surface area contributed by atoms with Crippen molar-refractivity contribution >= 4 is 11.8 Å². The molecule has 2 aromatic heterocycles. The molecule has 1 aliphatic carbocycles. The van der Waals surface area contributed by atoms with Gasteiger partial charge in [-0.3, -0.25) is 9.59 Å². The molecular weight excluding hydrogens is 546 g/mol. The summed E-state index contributed by atoms with van der Waals surface area (Å²) in [7, 11) is 0. The van der Waals surface area contributed by atoms with Gasteiger partial charge in [-0.25, -0.2) is 4.68 Å². The highest BCUT2D eigenvalue weighted by molar-refractivity contribution is 5.95. The Morgan fingerprint density at radius 2 is 1.62 bits per heavy atom. The number of alkyl halides is 6. The van der Waals surface area contributed by atoms with Crippen molar-refractivity contribution < 1.29 is 40.3 Å². The summed E-state index contributed by atoms with van der Waals surface area (Å²) in [4.78, 5) is 25.1. The first kappa shape index (κ1) is 29.1. The number of para-hydroxylation sites is 1. The summed E-state index contributed by atoms with van der Waals surface area (Å²) in [6, 6.07) is 8.05. The topological polar surface area (TPSA) is 115 Å².